The van der Waals surface area contributed by atoms with E-state index < -0.39 is 17.1 Å². The van der Waals surface area contributed by atoms with Gasteiger partial charge in [0.15, 0.2) is 11.2 Å². The molecule has 0 N–H and O–H groups in total. The summed E-state index contributed by atoms with van der Waals surface area (Å²) in [6.07, 6.45) is 0.907. The summed E-state index contributed by atoms with van der Waals surface area (Å²) in [6.45, 7) is 8.00. The second-order valence-electron chi connectivity index (χ2n) is 7.54. The number of aryl methyl sites for hydroxylation is 2. The third-order valence-electron chi connectivity index (χ3n) is 5.88. The minimum Gasteiger partial charge on any atom is -0.311 e. The van der Waals surface area contributed by atoms with Crippen LogP contribution in [-0.4, -0.2) is 23.1 Å². The molecule has 4 rings (SSSR count). The van der Waals surface area contributed by atoms with Gasteiger partial charge in [-0.1, -0.05) is 25.1 Å². The highest BCUT2D eigenvalue weighted by molar-refractivity contribution is 5.76. The van der Waals surface area contributed by atoms with Crippen LogP contribution in [0.15, 0.2) is 33.9 Å². The molecule has 1 atom stereocenters. The van der Waals surface area contributed by atoms with Crippen LogP contribution in [0.4, 0.5) is 4.39 Å². The van der Waals surface area contributed by atoms with Crippen LogP contribution in [0.1, 0.15) is 43.3 Å². The van der Waals surface area contributed by atoms with Gasteiger partial charge in [-0.05, 0) is 33.3 Å². The molecule has 0 aliphatic carbocycles. The van der Waals surface area contributed by atoms with Gasteiger partial charge in [0.2, 0.25) is 5.78 Å². The quantitative estimate of drug-likeness (QED) is 0.532. The molecule has 0 aliphatic rings. The Hall–Kier alpha value is -3.16. The van der Waals surface area contributed by atoms with Crippen molar-refractivity contribution in [2.75, 3.05) is 0 Å². The molecule has 3 heterocycles. The molecule has 7 nitrogen and oxygen atoms in total. The van der Waals surface area contributed by atoms with E-state index in [1.165, 1.54) is 10.6 Å². The third-order valence-corrected chi connectivity index (χ3v) is 5.88. The Balaban J connectivity index is 2.09. The van der Waals surface area contributed by atoms with Crippen LogP contribution in [0.2, 0.25) is 0 Å². The predicted molar refractivity (Wildman–Crippen MR) is 110 cm³/mol. The lowest BCUT2D eigenvalue weighted by Gasteiger charge is -2.13. The molecule has 0 spiro atoms. The maximum Gasteiger partial charge on any atom is 0.332 e. The first-order chi connectivity index (χ1) is 13.8. The van der Waals surface area contributed by atoms with Crippen LogP contribution in [0.25, 0.3) is 16.9 Å². The first-order valence-electron chi connectivity index (χ1n) is 9.70. The molecule has 0 unspecified atom stereocenters. The second-order valence-corrected chi connectivity index (χ2v) is 7.54. The number of nitrogens with zero attached hydrogens (tertiary/aromatic N) is 5. The number of benzene rings is 1. The van der Waals surface area contributed by atoms with Crippen molar-refractivity contribution in [3.05, 3.63) is 67.9 Å². The minimum atomic E-state index is -0.518. The highest BCUT2D eigenvalue weighted by Crippen LogP contribution is 2.25. The van der Waals surface area contributed by atoms with E-state index >= 15 is 0 Å². The Morgan fingerprint density at radius 2 is 1.83 bits per heavy atom. The summed E-state index contributed by atoms with van der Waals surface area (Å²) in [6, 6.07) is 6.35. The van der Waals surface area contributed by atoms with Gasteiger partial charge in [0.25, 0.3) is 5.56 Å². The van der Waals surface area contributed by atoms with Crippen molar-refractivity contribution in [2.24, 2.45) is 7.05 Å². The van der Waals surface area contributed by atoms with E-state index in [0.29, 0.717) is 16.9 Å². The molecular weight excluding hydrogens is 373 g/mol. The van der Waals surface area contributed by atoms with Gasteiger partial charge in [-0.2, -0.15) is 4.98 Å². The lowest BCUT2D eigenvalue weighted by Crippen LogP contribution is -2.39. The number of imidazole rings is 2. The van der Waals surface area contributed by atoms with Gasteiger partial charge < -0.3 is 4.57 Å². The average molecular weight is 397 g/mol. The van der Waals surface area contributed by atoms with Crippen molar-refractivity contribution in [2.45, 2.75) is 46.7 Å². The fourth-order valence-corrected chi connectivity index (χ4v) is 3.92. The number of hydrogen-bond acceptors (Lipinski definition) is 3. The summed E-state index contributed by atoms with van der Waals surface area (Å²) >= 11 is 0. The minimum absolute atomic E-state index is 0.133. The Morgan fingerprint density at radius 3 is 2.48 bits per heavy atom. The fraction of sp³-hybridized carbons (Fsp3) is 0.381. The summed E-state index contributed by atoms with van der Waals surface area (Å²) in [5.41, 5.74) is 1.89. The molecule has 0 saturated carbocycles. The molecular formula is C21H24FN5O2. The monoisotopic (exact) mass is 397 g/mol. The van der Waals surface area contributed by atoms with Gasteiger partial charge in [-0.15, -0.1) is 0 Å². The van der Waals surface area contributed by atoms with E-state index in [4.69, 9.17) is 0 Å². The zero-order valence-electron chi connectivity index (χ0n) is 17.2. The van der Waals surface area contributed by atoms with Crippen molar-refractivity contribution in [1.29, 1.82) is 0 Å². The molecule has 0 aliphatic heterocycles. The summed E-state index contributed by atoms with van der Waals surface area (Å²) in [5.74, 6) is 0.190. The van der Waals surface area contributed by atoms with Gasteiger partial charge in [0.05, 0.1) is 6.54 Å². The number of rotatable bonds is 4. The highest BCUT2D eigenvalue weighted by atomic mass is 19.1. The maximum absolute atomic E-state index is 14.1. The van der Waals surface area contributed by atoms with Gasteiger partial charge >= 0.3 is 5.69 Å². The molecule has 0 radical (unpaired) electrons. The topological polar surface area (TPSA) is 66.2 Å². The molecule has 0 amide bonds. The molecule has 152 valence electrons. The first kappa shape index (κ1) is 19.2. The van der Waals surface area contributed by atoms with E-state index in [9.17, 15) is 14.0 Å². The summed E-state index contributed by atoms with van der Waals surface area (Å²) < 4.78 is 20.5. The number of hydrogen-bond donors (Lipinski definition) is 0. The maximum atomic E-state index is 14.1. The molecule has 3 aromatic heterocycles. The zero-order valence-corrected chi connectivity index (χ0v) is 17.2. The predicted octanol–water partition coefficient (Wildman–Crippen LogP) is 2.92. The normalized spacial score (nSPS) is 12.9. The third kappa shape index (κ3) is 2.66. The van der Waals surface area contributed by atoms with E-state index in [-0.39, 0.29) is 18.2 Å². The van der Waals surface area contributed by atoms with E-state index in [2.05, 4.69) is 23.4 Å². The summed E-state index contributed by atoms with van der Waals surface area (Å²) in [7, 11) is 1.59. The summed E-state index contributed by atoms with van der Waals surface area (Å²) in [5, 5.41) is 0. The number of halogens is 1. The zero-order chi connectivity index (χ0) is 21.0. The molecule has 0 saturated heterocycles. The van der Waals surface area contributed by atoms with Gasteiger partial charge in [0.1, 0.15) is 5.82 Å². The Kier molecular flexibility index (Phi) is 4.44. The summed E-state index contributed by atoms with van der Waals surface area (Å²) in [4.78, 5) is 30.9. The fourth-order valence-electron chi connectivity index (χ4n) is 3.92. The van der Waals surface area contributed by atoms with Gasteiger partial charge in [-0.3, -0.25) is 18.3 Å². The standard InChI is InChI=1S/C21H24FN5O2/c1-6-12(2)26-13(3)14(4)27-17-18(23-20(26)27)24(5)21(29)25(19(17)28)11-15-9-7-8-10-16(15)22/h7-10,12H,6,11H2,1-5H3/t12-/m1/s1. The van der Waals surface area contributed by atoms with Crippen molar-refractivity contribution in [1.82, 2.24) is 23.1 Å². The van der Waals surface area contributed by atoms with E-state index in [1.807, 2.05) is 18.2 Å². The number of aromatic nitrogens is 5. The van der Waals surface area contributed by atoms with Crippen molar-refractivity contribution >= 4 is 16.9 Å². The van der Waals surface area contributed by atoms with Crippen LogP contribution in [0.3, 0.4) is 0 Å². The average Bonchev–Trinajstić information content (AvgIpc) is 3.20. The smallest absolute Gasteiger partial charge is 0.311 e. The van der Waals surface area contributed by atoms with Crippen molar-refractivity contribution in [3.8, 4) is 0 Å². The lowest BCUT2D eigenvalue weighted by molar-refractivity contribution is 0.532. The Bertz CT molecular complexity index is 1370. The van der Waals surface area contributed by atoms with Crippen LogP contribution >= 0.6 is 0 Å². The van der Waals surface area contributed by atoms with Crippen molar-refractivity contribution < 1.29 is 4.39 Å². The van der Waals surface area contributed by atoms with Crippen LogP contribution < -0.4 is 11.2 Å². The largest absolute Gasteiger partial charge is 0.332 e. The van der Waals surface area contributed by atoms with E-state index in [0.717, 1.165) is 22.4 Å². The van der Waals surface area contributed by atoms with Crippen LogP contribution in [0, 0.1) is 19.7 Å². The molecule has 0 bridgehead atoms. The Morgan fingerprint density at radius 1 is 1.14 bits per heavy atom. The van der Waals surface area contributed by atoms with Crippen LogP contribution in [0.5, 0.6) is 0 Å². The first-order valence-corrected chi connectivity index (χ1v) is 9.70. The number of fused-ring (bicyclic) bond motifs is 3. The molecule has 1 aromatic carbocycles. The SMILES string of the molecule is CC[C@@H](C)n1c(C)c(C)n2c3c(=O)n(Cc4ccccc4F)c(=O)n(C)c3nc12. The molecule has 29 heavy (non-hydrogen) atoms. The van der Waals surface area contributed by atoms with E-state index in [1.54, 1.807) is 25.2 Å². The van der Waals surface area contributed by atoms with Gasteiger partial charge in [-0.25, -0.2) is 9.18 Å². The molecule has 8 heteroatoms. The van der Waals surface area contributed by atoms with Crippen molar-refractivity contribution in [3.63, 3.8) is 0 Å². The highest BCUT2D eigenvalue weighted by Gasteiger charge is 2.24. The van der Waals surface area contributed by atoms with Crippen LogP contribution in [-0.2, 0) is 13.6 Å². The van der Waals surface area contributed by atoms with Gasteiger partial charge in [0, 0.05) is 30.0 Å². The molecule has 4 aromatic rings. The Labute approximate surface area is 166 Å². The second kappa shape index (κ2) is 6.72. The molecule has 0 fully saturated rings. The lowest BCUT2D eigenvalue weighted by atomic mass is 10.2.